The number of anilines is 1. The quantitative estimate of drug-likeness (QED) is 0.517. The van der Waals surface area contributed by atoms with Crippen LogP contribution in [0.15, 0.2) is 60.4 Å². The summed E-state index contributed by atoms with van der Waals surface area (Å²) >= 11 is 0. The highest BCUT2D eigenvalue weighted by molar-refractivity contribution is 5.78. The van der Waals surface area contributed by atoms with Gasteiger partial charge in [0.05, 0.1) is 13.1 Å². The third-order valence-corrected chi connectivity index (χ3v) is 4.77. The van der Waals surface area contributed by atoms with Gasteiger partial charge in [0.2, 0.25) is 5.95 Å². The maximum absolute atomic E-state index is 6.27. The van der Waals surface area contributed by atoms with Crippen molar-refractivity contribution in [2.24, 2.45) is 10.7 Å². The van der Waals surface area contributed by atoms with Crippen molar-refractivity contribution in [3.05, 3.63) is 66.5 Å². The second kappa shape index (κ2) is 8.47. The van der Waals surface area contributed by atoms with E-state index in [4.69, 9.17) is 5.73 Å². The number of nitrogens with two attached hydrogens (primary N) is 1. The molecule has 9 heteroatoms. The van der Waals surface area contributed by atoms with E-state index in [1.807, 2.05) is 18.2 Å². The molecule has 1 aromatic carbocycles. The number of piperazine rings is 1. The lowest BCUT2D eigenvalue weighted by molar-refractivity contribution is 0.378. The second-order valence-corrected chi connectivity index (χ2v) is 6.56. The number of aliphatic imine (C=N–C) groups is 1. The molecule has 0 atom stereocenters. The fourth-order valence-electron chi connectivity index (χ4n) is 3.21. The standard InChI is InChI=1S/C19H23N9/c20-18(26-8-10-27(11-9-26)19-22-6-3-7-23-19)24-12-16-4-1-2-5-17(16)13-28-15-21-14-25-28/h1-7,14-15H,8-13H2,(H2,20,24). The van der Waals surface area contributed by atoms with Gasteiger partial charge in [0.25, 0.3) is 0 Å². The van der Waals surface area contributed by atoms with Crippen molar-refractivity contribution in [1.29, 1.82) is 0 Å². The van der Waals surface area contributed by atoms with Crippen molar-refractivity contribution < 1.29 is 0 Å². The van der Waals surface area contributed by atoms with Gasteiger partial charge in [-0.1, -0.05) is 24.3 Å². The monoisotopic (exact) mass is 377 g/mol. The number of hydrogen-bond acceptors (Lipinski definition) is 6. The Morgan fingerprint density at radius 1 is 1.00 bits per heavy atom. The Hall–Kier alpha value is -3.49. The number of aromatic nitrogens is 5. The van der Waals surface area contributed by atoms with E-state index in [2.05, 4.69) is 47.0 Å². The molecule has 0 spiro atoms. The van der Waals surface area contributed by atoms with Crippen LogP contribution in [0, 0.1) is 0 Å². The highest BCUT2D eigenvalue weighted by Gasteiger charge is 2.19. The lowest BCUT2D eigenvalue weighted by atomic mass is 10.1. The molecule has 0 aliphatic carbocycles. The summed E-state index contributed by atoms with van der Waals surface area (Å²) in [5, 5.41) is 4.18. The summed E-state index contributed by atoms with van der Waals surface area (Å²) in [4.78, 5) is 21.5. The Morgan fingerprint density at radius 2 is 1.75 bits per heavy atom. The van der Waals surface area contributed by atoms with E-state index >= 15 is 0 Å². The lowest BCUT2D eigenvalue weighted by Crippen LogP contribution is -2.51. The zero-order valence-corrected chi connectivity index (χ0v) is 15.6. The Morgan fingerprint density at radius 3 is 2.46 bits per heavy atom. The van der Waals surface area contributed by atoms with Crippen LogP contribution >= 0.6 is 0 Å². The molecule has 2 aromatic heterocycles. The van der Waals surface area contributed by atoms with E-state index in [9.17, 15) is 0 Å². The Kier molecular flexibility index (Phi) is 5.41. The first-order chi connectivity index (χ1) is 13.8. The van der Waals surface area contributed by atoms with Gasteiger partial charge in [0, 0.05) is 38.6 Å². The van der Waals surface area contributed by atoms with Crippen molar-refractivity contribution >= 4 is 11.9 Å². The summed E-state index contributed by atoms with van der Waals surface area (Å²) in [5.74, 6) is 1.34. The predicted molar refractivity (Wildman–Crippen MR) is 107 cm³/mol. The van der Waals surface area contributed by atoms with E-state index in [1.165, 1.54) is 0 Å². The molecule has 0 unspecified atom stereocenters. The van der Waals surface area contributed by atoms with Gasteiger partial charge in [-0.05, 0) is 17.2 Å². The van der Waals surface area contributed by atoms with E-state index in [0.29, 0.717) is 19.0 Å². The van der Waals surface area contributed by atoms with Crippen LogP contribution in [0.2, 0.25) is 0 Å². The zero-order valence-electron chi connectivity index (χ0n) is 15.6. The van der Waals surface area contributed by atoms with Crippen LogP contribution in [0.1, 0.15) is 11.1 Å². The average Bonchev–Trinajstić information content (AvgIpc) is 3.27. The summed E-state index contributed by atoms with van der Waals surface area (Å²) in [6.07, 6.45) is 6.78. The van der Waals surface area contributed by atoms with E-state index < -0.39 is 0 Å². The summed E-state index contributed by atoms with van der Waals surface area (Å²) in [5.41, 5.74) is 8.56. The molecule has 0 radical (unpaired) electrons. The maximum atomic E-state index is 6.27. The first kappa shape index (κ1) is 17.9. The van der Waals surface area contributed by atoms with Gasteiger partial charge in [-0.3, -0.25) is 0 Å². The molecule has 0 bridgehead atoms. The SMILES string of the molecule is NC(=NCc1ccccc1Cn1cncn1)N1CCN(c2ncccn2)CC1. The van der Waals surface area contributed by atoms with Gasteiger partial charge in [0.1, 0.15) is 12.7 Å². The molecule has 3 heterocycles. The van der Waals surface area contributed by atoms with E-state index in [1.54, 1.807) is 29.7 Å². The molecule has 144 valence electrons. The van der Waals surface area contributed by atoms with Gasteiger partial charge in [-0.15, -0.1) is 0 Å². The number of nitrogens with zero attached hydrogens (tertiary/aromatic N) is 8. The fraction of sp³-hybridized carbons (Fsp3) is 0.316. The molecule has 1 aliphatic heterocycles. The zero-order chi connectivity index (χ0) is 19.2. The Labute approximate surface area is 163 Å². The first-order valence-electron chi connectivity index (χ1n) is 9.25. The molecule has 1 aliphatic rings. The van der Waals surface area contributed by atoms with E-state index in [0.717, 1.165) is 43.3 Å². The lowest BCUT2D eigenvalue weighted by Gasteiger charge is -2.35. The van der Waals surface area contributed by atoms with Crippen molar-refractivity contribution in [3.8, 4) is 0 Å². The van der Waals surface area contributed by atoms with Crippen molar-refractivity contribution in [3.63, 3.8) is 0 Å². The third-order valence-electron chi connectivity index (χ3n) is 4.77. The smallest absolute Gasteiger partial charge is 0.225 e. The van der Waals surface area contributed by atoms with Crippen molar-refractivity contribution in [1.82, 2.24) is 29.6 Å². The second-order valence-electron chi connectivity index (χ2n) is 6.56. The molecule has 0 saturated carbocycles. The van der Waals surface area contributed by atoms with Gasteiger partial charge in [-0.25, -0.2) is 24.6 Å². The topological polar surface area (TPSA) is 101 Å². The van der Waals surface area contributed by atoms with Gasteiger partial charge < -0.3 is 15.5 Å². The van der Waals surface area contributed by atoms with Crippen molar-refractivity contribution in [2.75, 3.05) is 31.1 Å². The third kappa shape index (κ3) is 4.25. The van der Waals surface area contributed by atoms with Crippen LogP contribution in [-0.4, -0.2) is 61.8 Å². The largest absolute Gasteiger partial charge is 0.370 e. The molecule has 3 aromatic rings. The Balaban J connectivity index is 1.37. The van der Waals surface area contributed by atoms with Crippen LogP contribution < -0.4 is 10.6 Å². The number of hydrogen-bond donors (Lipinski definition) is 1. The summed E-state index contributed by atoms with van der Waals surface area (Å²) in [6, 6.07) is 10.0. The van der Waals surface area contributed by atoms with Gasteiger partial charge in [-0.2, -0.15) is 5.10 Å². The first-order valence-corrected chi connectivity index (χ1v) is 9.25. The number of guanidine groups is 1. The minimum Gasteiger partial charge on any atom is -0.370 e. The normalized spacial score (nSPS) is 15.1. The molecular formula is C19H23N9. The predicted octanol–water partition coefficient (Wildman–Crippen LogP) is 0.753. The summed E-state index contributed by atoms with van der Waals surface area (Å²) < 4.78 is 1.80. The minimum atomic E-state index is 0.540. The summed E-state index contributed by atoms with van der Waals surface area (Å²) in [7, 11) is 0. The van der Waals surface area contributed by atoms with Crippen LogP contribution in [-0.2, 0) is 13.1 Å². The van der Waals surface area contributed by atoms with E-state index in [-0.39, 0.29) is 0 Å². The maximum Gasteiger partial charge on any atom is 0.225 e. The molecule has 2 N–H and O–H groups in total. The van der Waals surface area contributed by atoms with Gasteiger partial charge >= 0.3 is 0 Å². The highest BCUT2D eigenvalue weighted by atomic mass is 15.4. The van der Waals surface area contributed by atoms with Crippen LogP contribution in [0.3, 0.4) is 0 Å². The Bertz CT molecular complexity index is 900. The minimum absolute atomic E-state index is 0.540. The summed E-state index contributed by atoms with van der Waals surface area (Å²) in [6.45, 7) is 4.45. The molecule has 28 heavy (non-hydrogen) atoms. The van der Waals surface area contributed by atoms with Crippen LogP contribution in [0.5, 0.6) is 0 Å². The molecule has 0 amide bonds. The molecule has 9 nitrogen and oxygen atoms in total. The number of rotatable bonds is 5. The van der Waals surface area contributed by atoms with Crippen molar-refractivity contribution in [2.45, 2.75) is 13.1 Å². The van der Waals surface area contributed by atoms with Crippen LogP contribution in [0.4, 0.5) is 5.95 Å². The fourth-order valence-corrected chi connectivity index (χ4v) is 3.21. The molecule has 1 fully saturated rings. The molecular weight excluding hydrogens is 354 g/mol. The molecule has 4 rings (SSSR count). The highest BCUT2D eigenvalue weighted by Crippen LogP contribution is 2.13. The van der Waals surface area contributed by atoms with Gasteiger partial charge in [0.15, 0.2) is 5.96 Å². The number of benzene rings is 1. The molecule has 1 saturated heterocycles. The average molecular weight is 377 g/mol. The van der Waals surface area contributed by atoms with Crippen LogP contribution in [0.25, 0.3) is 0 Å².